The average molecular weight is 394 g/mol. The molecule has 2 aliphatic carbocycles. The molecular formula is C18H20ClN3O5. The number of benzene rings is 1. The Kier molecular flexibility index (Phi) is 4.30. The first-order valence-electron chi connectivity index (χ1n) is 8.51. The lowest BCUT2D eigenvalue weighted by atomic mass is 9.65. The Morgan fingerprint density at radius 2 is 1.96 bits per heavy atom. The van der Waals surface area contributed by atoms with Crippen molar-refractivity contribution in [1.29, 1.82) is 0 Å². The molecule has 1 aromatic rings. The fraction of sp³-hybridized carbons (Fsp3) is 0.500. The van der Waals surface area contributed by atoms with E-state index in [1.165, 1.54) is 12.1 Å². The van der Waals surface area contributed by atoms with E-state index in [1.807, 2.05) is 20.8 Å². The molecule has 2 saturated carbocycles. The number of nitro groups is 1. The van der Waals surface area contributed by atoms with Gasteiger partial charge in [-0.05, 0) is 30.4 Å². The zero-order valence-electron chi connectivity index (χ0n) is 15.2. The molecule has 9 heteroatoms. The second-order valence-electron chi connectivity index (χ2n) is 7.94. The Morgan fingerprint density at radius 3 is 2.52 bits per heavy atom. The van der Waals surface area contributed by atoms with E-state index in [9.17, 15) is 24.8 Å². The third kappa shape index (κ3) is 2.54. The van der Waals surface area contributed by atoms with Crippen molar-refractivity contribution in [1.82, 2.24) is 5.43 Å². The Hall–Kier alpha value is -2.48. The van der Waals surface area contributed by atoms with Crippen molar-refractivity contribution in [3.8, 4) is 0 Å². The molecule has 144 valence electrons. The average Bonchev–Trinajstić information content (AvgIpc) is 2.90. The van der Waals surface area contributed by atoms with Gasteiger partial charge < -0.3 is 5.11 Å². The summed E-state index contributed by atoms with van der Waals surface area (Å²) in [6.07, 6.45) is 1.52. The van der Waals surface area contributed by atoms with E-state index >= 15 is 0 Å². The number of nitrogens with one attached hydrogen (secondary N) is 1. The van der Waals surface area contributed by atoms with Gasteiger partial charge >= 0.3 is 5.97 Å². The molecule has 0 saturated heterocycles. The van der Waals surface area contributed by atoms with Crippen molar-refractivity contribution < 1.29 is 19.6 Å². The van der Waals surface area contributed by atoms with E-state index in [-0.39, 0.29) is 22.7 Å². The molecule has 2 unspecified atom stereocenters. The summed E-state index contributed by atoms with van der Waals surface area (Å²) >= 11 is 5.76. The van der Waals surface area contributed by atoms with E-state index in [4.69, 9.17) is 11.6 Å². The molecule has 2 N–H and O–H groups in total. The molecule has 0 spiro atoms. The van der Waals surface area contributed by atoms with Gasteiger partial charge in [0.15, 0.2) is 0 Å². The highest BCUT2D eigenvalue weighted by atomic mass is 35.5. The molecular weight excluding hydrogens is 374 g/mol. The van der Waals surface area contributed by atoms with Gasteiger partial charge in [0.05, 0.1) is 10.3 Å². The molecule has 0 radical (unpaired) electrons. The first kappa shape index (κ1) is 19.3. The van der Waals surface area contributed by atoms with Crippen LogP contribution in [-0.2, 0) is 4.79 Å². The summed E-state index contributed by atoms with van der Waals surface area (Å²) < 4.78 is 0. The zero-order chi connectivity index (χ0) is 20.2. The Bertz CT molecular complexity index is 897. The molecule has 8 nitrogen and oxygen atoms in total. The first-order valence-corrected chi connectivity index (χ1v) is 8.89. The van der Waals surface area contributed by atoms with Crippen LogP contribution in [0.5, 0.6) is 0 Å². The van der Waals surface area contributed by atoms with Crippen molar-refractivity contribution in [3.63, 3.8) is 0 Å². The van der Waals surface area contributed by atoms with Gasteiger partial charge in [-0.1, -0.05) is 32.4 Å². The van der Waals surface area contributed by atoms with Gasteiger partial charge in [0.2, 0.25) is 0 Å². The maximum Gasteiger partial charge on any atom is 0.310 e. The molecule has 1 aromatic carbocycles. The number of amides is 1. The molecule has 2 fully saturated rings. The maximum atomic E-state index is 12.4. The number of rotatable bonds is 4. The SMILES string of the molecule is CC12CCC(C(=O)O)(C/C1=N/NC(=O)c1ccc(Cl)c([N+](=O)[O-])c1)C2(C)C. The van der Waals surface area contributed by atoms with Crippen LogP contribution in [0.25, 0.3) is 0 Å². The van der Waals surface area contributed by atoms with Crippen molar-refractivity contribution >= 4 is 34.9 Å². The van der Waals surface area contributed by atoms with Crippen LogP contribution in [0.4, 0.5) is 5.69 Å². The number of hydrogen-bond acceptors (Lipinski definition) is 5. The van der Waals surface area contributed by atoms with E-state index in [2.05, 4.69) is 10.5 Å². The molecule has 2 bridgehead atoms. The summed E-state index contributed by atoms with van der Waals surface area (Å²) in [5, 5.41) is 24.9. The summed E-state index contributed by atoms with van der Waals surface area (Å²) in [5.74, 6) is -1.46. The number of carbonyl (C=O) groups is 2. The summed E-state index contributed by atoms with van der Waals surface area (Å²) in [6, 6.07) is 3.74. The lowest BCUT2D eigenvalue weighted by Crippen LogP contribution is -2.40. The molecule has 0 heterocycles. The number of carboxylic acids is 1. The van der Waals surface area contributed by atoms with Crippen molar-refractivity contribution in [2.45, 2.75) is 40.0 Å². The Balaban J connectivity index is 1.87. The van der Waals surface area contributed by atoms with Crippen molar-refractivity contribution in [2.75, 3.05) is 0 Å². The number of fused-ring (bicyclic) bond motifs is 2. The number of nitrogens with zero attached hydrogens (tertiary/aromatic N) is 2. The van der Waals surface area contributed by atoms with Gasteiger partial charge in [-0.15, -0.1) is 0 Å². The highest BCUT2D eigenvalue weighted by Crippen LogP contribution is 2.70. The van der Waals surface area contributed by atoms with Gasteiger partial charge in [-0.3, -0.25) is 19.7 Å². The molecule has 2 aliphatic rings. The van der Waals surface area contributed by atoms with E-state index in [0.717, 1.165) is 6.07 Å². The van der Waals surface area contributed by atoms with Crippen LogP contribution in [0, 0.1) is 26.4 Å². The summed E-state index contributed by atoms with van der Waals surface area (Å²) in [7, 11) is 0. The number of carboxylic acid groups (broad SMARTS) is 1. The maximum absolute atomic E-state index is 12.4. The number of nitro benzene ring substituents is 1. The molecule has 0 aromatic heterocycles. The van der Waals surface area contributed by atoms with Crippen LogP contribution in [0.15, 0.2) is 23.3 Å². The molecule has 0 aliphatic heterocycles. The molecule has 1 amide bonds. The third-order valence-electron chi connectivity index (χ3n) is 6.84. The highest BCUT2D eigenvalue weighted by Gasteiger charge is 2.71. The lowest BCUT2D eigenvalue weighted by molar-refractivity contribution is -0.384. The Morgan fingerprint density at radius 1 is 1.30 bits per heavy atom. The van der Waals surface area contributed by atoms with Crippen LogP contribution in [0.1, 0.15) is 50.4 Å². The van der Waals surface area contributed by atoms with E-state index in [1.54, 1.807) is 0 Å². The largest absolute Gasteiger partial charge is 0.481 e. The fourth-order valence-electron chi connectivity index (χ4n) is 4.50. The van der Waals surface area contributed by atoms with Crippen molar-refractivity contribution in [3.05, 3.63) is 38.9 Å². The summed E-state index contributed by atoms with van der Waals surface area (Å²) in [5.41, 5.74) is 0.900. The van der Waals surface area contributed by atoms with Crippen LogP contribution in [0.3, 0.4) is 0 Å². The monoisotopic (exact) mass is 393 g/mol. The number of hydrazone groups is 1. The molecule has 2 atom stereocenters. The highest BCUT2D eigenvalue weighted by molar-refractivity contribution is 6.32. The number of carbonyl (C=O) groups excluding carboxylic acids is 1. The zero-order valence-corrected chi connectivity index (χ0v) is 16.0. The standard InChI is InChI=1S/C18H20ClN3O5/c1-16(2)17(3)6-7-18(16,15(24)25)9-13(17)20-21-14(23)10-4-5-11(19)12(8-10)22(26)27/h4-5,8H,6-7,9H2,1-3H3,(H,21,23)(H,24,25)/b20-13-. The smallest absolute Gasteiger partial charge is 0.310 e. The van der Waals surface area contributed by atoms with Crippen LogP contribution >= 0.6 is 11.6 Å². The Labute approximate surface area is 160 Å². The van der Waals surface area contributed by atoms with E-state index in [0.29, 0.717) is 18.6 Å². The minimum atomic E-state index is -0.898. The normalized spacial score (nSPS) is 29.7. The minimum Gasteiger partial charge on any atom is -0.481 e. The second-order valence-corrected chi connectivity index (χ2v) is 8.35. The molecule has 27 heavy (non-hydrogen) atoms. The van der Waals surface area contributed by atoms with Crippen LogP contribution in [-0.4, -0.2) is 27.6 Å². The van der Waals surface area contributed by atoms with Crippen LogP contribution < -0.4 is 5.43 Å². The van der Waals surface area contributed by atoms with Gasteiger partial charge in [-0.2, -0.15) is 5.10 Å². The molecule has 3 rings (SSSR count). The minimum absolute atomic E-state index is 0.0518. The van der Waals surface area contributed by atoms with Gasteiger partial charge in [-0.25, -0.2) is 5.43 Å². The van der Waals surface area contributed by atoms with Gasteiger partial charge in [0, 0.05) is 29.2 Å². The summed E-state index contributed by atoms with van der Waals surface area (Å²) in [4.78, 5) is 34.6. The second kappa shape index (κ2) is 6.02. The number of halogens is 1. The van der Waals surface area contributed by atoms with Gasteiger partial charge in [0.1, 0.15) is 5.02 Å². The first-order chi connectivity index (χ1) is 12.5. The van der Waals surface area contributed by atoms with Crippen LogP contribution in [0.2, 0.25) is 5.02 Å². The number of hydrogen-bond donors (Lipinski definition) is 2. The summed E-state index contributed by atoms with van der Waals surface area (Å²) in [6.45, 7) is 5.84. The predicted octanol–water partition coefficient (Wildman–Crippen LogP) is 3.64. The number of aliphatic carboxylic acids is 1. The van der Waals surface area contributed by atoms with Crippen molar-refractivity contribution in [2.24, 2.45) is 21.3 Å². The third-order valence-corrected chi connectivity index (χ3v) is 7.16. The fourth-order valence-corrected chi connectivity index (χ4v) is 4.69. The van der Waals surface area contributed by atoms with Gasteiger partial charge in [0.25, 0.3) is 11.6 Å². The van der Waals surface area contributed by atoms with E-state index < -0.39 is 33.0 Å². The topological polar surface area (TPSA) is 122 Å². The predicted molar refractivity (Wildman–Crippen MR) is 98.8 cm³/mol. The lowest BCUT2D eigenvalue weighted by Gasteiger charge is -2.37. The quantitative estimate of drug-likeness (QED) is 0.597.